The summed E-state index contributed by atoms with van der Waals surface area (Å²) in [4.78, 5) is -0.220. The molecule has 1 heterocycles. The molecule has 0 spiro atoms. The van der Waals surface area contributed by atoms with Gasteiger partial charge in [-0.1, -0.05) is 18.2 Å². The summed E-state index contributed by atoms with van der Waals surface area (Å²) in [6.07, 6.45) is -12.5. The number of halogens is 8. The van der Waals surface area contributed by atoms with Crippen LogP contribution in [-0.4, -0.2) is 33.4 Å². The SMILES string of the molecule is Cc1cc(S(=O)(=O)C23CCNC2CCc2cc(C(F)(C(F)(F)F)C(F)(F)F)ccc23)ccc1F. The molecule has 1 saturated heterocycles. The molecule has 34 heavy (non-hydrogen) atoms. The van der Waals surface area contributed by atoms with Crippen molar-refractivity contribution < 1.29 is 43.5 Å². The molecule has 1 aliphatic heterocycles. The van der Waals surface area contributed by atoms with Crippen molar-refractivity contribution in [1.82, 2.24) is 5.32 Å². The topological polar surface area (TPSA) is 46.2 Å². The summed E-state index contributed by atoms with van der Waals surface area (Å²) in [6.45, 7) is 1.59. The van der Waals surface area contributed by atoms with Crippen LogP contribution in [0.3, 0.4) is 0 Å². The zero-order chi connectivity index (χ0) is 25.3. The van der Waals surface area contributed by atoms with Gasteiger partial charge in [-0.05, 0) is 67.6 Å². The zero-order valence-electron chi connectivity index (χ0n) is 17.6. The summed E-state index contributed by atoms with van der Waals surface area (Å²) in [5.41, 5.74) is -7.29. The number of aryl methyl sites for hydroxylation is 2. The summed E-state index contributed by atoms with van der Waals surface area (Å²) in [5.74, 6) is -0.634. The molecule has 0 amide bonds. The molecule has 2 unspecified atom stereocenters. The van der Waals surface area contributed by atoms with Crippen LogP contribution in [0.25, 0.3) is 0 Å². The minimum absolute atomic E-state index is 0.0118. The first kappa shape index (κ1) is 24.9. The van der Waals surface area contributed by atoms with E-state index in [0.717, 1.165) is 24.3 Å². The summed E-state index contributed by atoms with van der Waals surface area (Å²) in [5, 5.41) is 3.05. The Balaban J connectivity index is 1.93. The average molecular weight is 513 g/mol. The van der Waals surface area contributed by atoms with E-state index in [1.807, 2.05) is 0 Å². The maximum Gasteiger partial charge on any atom is 0.435 e. The summed E-state index contributed by atoms with van der Waals surface area (Å²) in [6, 6.07) is 4.19. The smallest absolute Gasteiger partial charge is 0.312 e. The molecular weight excluding hydrogens is 494 g/mol. The van der Waals surface area contributed by atoms with Crippen LogP contribution in [0.2, 0.25) is 0 Å². The molecule has 0 radical (unpaired) electrons. The number of rotatable bonds is 3. The number of nitrogens with one attached hydrogen (secondary N) is 1. The Morgan fingerprint density at radius 1 is 0.971 bits per heavy atom. The third-order valence-corrected chi connectivity index (χ3v) is 9.35. The lowest BCUT2D eigenvalue weighted by Crippen LogP contribution is -2.51. The van der Waals surface area contributed by atoms with Gasteiger partial charge in [-0.15, -0.1) is 0 Å². The summed E-state index contributed by atoms with van der Waals surface area (Å²) >= 11 is 0. The molecule has 186 valence electrons. The van der Waals surface area contributed by atoms with Gasteiger partial charge < -0.3 is 5.32 Å². The van der Waals surface area contributed by atoms with Gasteiger partial charge in [-0.3, -0.25) is 0 Å². The van der Waals surface area contributed by atoms with Gasteiger partial charge in [0.1, 0.15) is 10.6 Å². The predicted molar refractivity (Wildman–Crippen MR) is 106 cm³/mol. The fourth-order valence-corrected chi connectivity index (χ4v) is 7.54. The highest BCUT2D eigenvalue weighted by molar-refractivity contribution is 7.92. The van der Waals surface area contributed by atoms with Crippen molar-refractivity contribution in [1.29, 1.82) is 0 Å². The number of hydrogen-bond donors (Lipinski definition) is 1. The fraction of sp³-hybridized carbons (Fsp3) is 0.455. The largest absolute Gasteiger partial charge is 0.435 e. The van der Waals surface area contributed by atoms with Crippen molar-refractivity contribution in [2.45, 2.75) is 59.9 Å². The van der Waals surface area contributed by atoms with E-state index in [4.69, 9.17) is 0 Å². The van der Waals surface area contributed by atoms with E-state index < -0.39 is 50.0 Å². The van der Waals surface area contributed by atoms with E-state index in [9.17, 15) is 43.5 Å². The van der Waals surface area contributed by atoms with Gasteiger partial charge in [-0.2, -0.15) is 26.3 Å². The Bertz CT molecular complexity index is 1220. The van der Waals surface area contributed by atoms with Crippen LogP contribution in [0.5, 0.6) is 0 Å². The van der Waals surface area contributed by atoms with Gasteiger partial charge in [0.15, 0.2) is 9.84 Å². The van der Waals surface area contributed by atoms with Crippen molar-refractivity contribution in [2.24, 2.45) is 0 Å². The van der Waals surface area contributed by atoms with E-state index in [0.29, 0.717) is 12.1 Å². The lowest BCUT2D eigenvalue weighted by atomic mass is 9.77. The van der Waals surface area contributed by atoms with Crippen molar-refractivity contribution in [3.8, 4) is 0 Å². The summed E-state index contributed by atoms with van der Waals surface area (Å²) in [7, 11) is -4.29. The van der Waals surface area contributed by atoms with Gasteiger partial charge in [-0.25, -0.2) is 17.2 Å². The van der Waals surface area contributed by atoms with E-state index >= 15 is 0 Å². The van der Waals surface area contributed by atoms with Crippen LogP contribution in [0.4, 0.5) is 35.1 Å². The van der Waals surface area contributed by atoms with E-state index in [1.54, 1.807) is 0 Å². The minimum atomic E-state index is -6.28. The minimum Gasteiger partial charge on any atom is -0.312 e. The zero-order valence-corrected chi connectivity index (χ0v) is 18.4. The second-order valence-corrected chi connectivity index (χ2v) is 10.8. The number of benzene rings is 2. The molecule has 2 aromatic rings. The fourth-order valence-electron chi connectivity index (χ4n) is 5.11. The van der Waals surface area contributed by atoms with Gasteiger partial charge in [0.2, 0.25) is 0 Å². The van der Waals surface area contributed by atoms with Crippen LogP contribution in [0.15, 0.2) is 41.3 Å². The maximum atomic E-state index is 14.6. The first-order valence-electron chi connectivity index (χ1n) is 10.3. The molecule has 1 fully saturated rings. The first-order chi connectivity index (χ1) is 15.6. The lowest BCUT2D eigenvalue weighted by molar-refractivity contribution is -0.348. The monoisotopic (exact) mass is 513 g/mol. The van der Waals surface area contributed by atoms with Crippen molar-refractivity contribution in [3.63, 3.8) is 0 Å². The van der Waals surface area contributed by atoms with Crippen molar-refractivity contribution >= 4 is 9.84 Å². The predicted octanol–water partition coefficient (Wildman–Crippen LogP) is 5.40. The average Bonchev–Trinajstić information content (AvgIpc) is 3.19. The van der Waals surface area contributed by atoms with Gasteiger partial charge in [0.25, 0.3) is 0 Å². The number of sulfone groups is 1. The highest BCUT2D eigenvalue weighted by atomic mass is 32.2. The molecular formula is C22H19F8NO2S. The second-order valence-electron chi connectivity index (χ2n) is 8.63. The molecule has 1 N–H and O–H groups in total. The van der Waals surface area contributed by atoms with Crippen molar-refractivity contribution in [3.05, 3.63) is 64.5 Å². The highest BCUT2D eigenvalue weighted by Crippen LogP contribution is 2.55. The van der Waals surface area contributed by atoms with Crippen LogP contribution >= 0.6 is 0 Å². The van der Waals surface area contributed by atoms with E-state index in [1.165, 1.54) is 6.92 Å². The van der Waals surface area contributed by atoms with Crippen LogP contribution in [0, 0.1) is 12.7 Å². The quantitative estimate of drug-likeness (QED) is 0.442. The Labute approximate surface area is 190 Å². The molecule has 2 atom stereocenters. The summed E-state index contributed by atoms with van der Waals surface area (Å²) < 4.78 is 134. The molecule has 0 bridgehead atoms. The molecule has 3 nitrogen and oxygen atoms in total. The molecule has 0 aromatic heterocycles. The van der Waals surface area contributed by atoms with E-state index in [2.05, 4.69) is 5.32 Å². The Kier molecular flexibility index (Phi) is 5.60. The third kappa shape index (κ3) is 3.28. The maximum absolute atomic E-state index is 14.6. The van der Waals surface area contributed by atoms with Crippen LogP contribution in [-0.2, 0) is 26.7 Å². The molecule has 1 aliphatic carbocycles. The first-order valence-corrected chi connectivity index (χ1v) is 11.8. The van der Waals surface area contributed by atoms with Crippen molar-refractivity contribution in [2.75, 3.05) is 6.54 Å². The van der Waals surface area contributed by atoms with Crippen LogP contribution < -0.4 is 5.32 Å². The van der Waals surface area contributed by atoms with Crippen LogP contribution in [0.1, 0.15) is 35.1 Å². The second kappa shape index (κ2) is 7.64. The molecule has 2 aliphatic rings. The number of hydrogen-bond acceptors (Lipinski definition) is 3. The van der Waals surface area contributed by atoms with E-state index in [-0.39, 0.29) is 47.4 Å². The molecule has 12 heteroatoms. The lowest BCUT2D eigenvalue weighted by Gasteiger charge is -2.41. The number of fused-ring (bicyclic) bond motifs is 3. The number of alkyl halides is 7. The molecule has 0 saturated carbocycles. The third-order valence-electron chi connectivity index (χ3n) is 6.81. The Morgan fingerprint density at radius 3 is 2.21 bits per heavy atom. The van der Waals surface area contributed by atoms with Gasteiger partial charge >= 0.3 is 18.0 Å². The van der Waals surface area contributed by atoms with Gasteiger partial charge in [0, 0.05) is 11.6 Å². The Morgan fingerprint density at radius 2 is 1.62 bits per heavy atom. The van der Waals surface area contributed by atoms with Gasteiger partial charge in [0.05, 0.1) is 4.90 Å². The normalized spacial score (nSPS) is 23.5. The molecule has 2 aromatic carbocycles. The Hall–Kier alpha value is -2.21. The molecule has 4 rings (SSSR count). The standard InChI is InChI=1S/C22H19F8NO2S/c1-12-10-15(4-6-17(12)23)34(32,33)19-8-9-31-18(19)7-2-13-11-14(3-5-16(13)19)20(24,21(25,26)27)22(28,29)30/h3-6,10-11,18,31H,2,7-9H2,1H3. The highest BCUT2D eigenvalue weighted by Gasteiger charge is 2.73.